The molecule has 0 aliphatic carbocycles. The van der Waals surface area contributed by atoms with Crippen LogP contribution in [0.2, 0.25) is 0 Å². The summed E-state index contributed by atoms with van der Waals surface area (Å²) >= 11 is 0. The van der Waals surface area contributed by atoms with Crippen molar-refractivity contribution in [3.05, 3.63) is 58.5 Å². The van der Waals surface area contributed by atoms with E-state index in [1.807, 2.05) is 23.1 Å². The number of nitrogens with zero attached hydrogens (tertiary/aromatic N) is 4. The van der Waals surface area contributed by atoms with E-state index >= 15 is 0 Å². The molecule has 0 bridgehead atoms. The van der Waals surface area contributed by atoms with Gasteiger partial charge in [0.1, 0.15) is 12.0 Å². The van der Waals surface area contributed by atoms with Crippen molar-refractivity contribution in [1.29, 1.82) is 0 Å². The van der Waals surface area contributed by atoms with E-state index in [9.17, 15) is 14.9 Å². The van der Waals surface area contributed by atoms with Crippen molar-refractivity contribution < 1.29 is 9.72 Å². The second-order valence-electron chi connectivity index (χ2n) is 5.96. The van der Waals surface area contributed by atoms with Crippen LogP contribution in [0.15, 0.2) is 42.7 Å². The van der Waals surface area contributed by atoms with Crippen molar-refractivity contribution in [2.24, 2.45) is 5.92 Å². The van der Waals surface area contributed by atoms with Crippen LogP contribution in [0.3, 0.4) is 0 Å². The second kappa shape index (κ2) is 7.69. The summed E-state index contributed by atoms with van der Waals surface area (Å²) < 4.78 is 0. The summed E-state index contributed by atoms with van der Waals surface area (Å²) in [5, 5.41) is 13.6. The van der Waals surface area contributed by atoms with Crippen molar-refractivity contribution in [3.63, 3.8) is 0 Å². The van der Waals surface area contributed by atoms with Gasteiger partial charge in [0.2, 0.25) is 5.91 Å². The van der Waals surface area contributed by atoms with E-state index in [-0.39, 0.29) is 17.5 Å². The maximum atomic E-state index is 12.4. The highest BCUT2D eigenvalue weighted by Crippen LogP contribution is 2.23. The first-order valence-corrected chi connectivity index (χ1v) is 8.16. The van der Waals surface area contributed by atoms with E-state index in [1.165, 1.54) is 12.3 Å². The topological polar surface area (TPSA) is 101 Å². The fourth-order valence-corrected chi connectivity index (χ4v) is 2.90. The molecule has 1 saturated heterocycles. The van der Waals surface area contributed by atoms with Gasteiger partial charge in [-0.2, -0.15) is 0 Å². The molecule has 25 heavy (non-hydrogen) atoms. The summed E-state index contributed by atoms with van der Waals surface area (Å²) in [4.78, 5) is 33.0. The average molecular weight is 341 g/mol. The summed E-state index contributed by atoms with van der Waals surface area (Å²) in [6.45, 7) is 1.75. The summed E-state index contributed by atoms with van der Waals surface area (Å²) in [7, 11) is 0. The van der Waals surface area contributed by atoms with Gasteiger partial charge in [0.15, 0.2) is 0 Å². The highest BCUT2D eigenvalue weighted by atomic mass is 16.6. The van der Waals surface area contributed by atoms with E-state index in [1.54, 1.807) is 12.3 Å². The minimum absolute atomic E-state index is 0.00253. The lowest BCUT2D eigenvalue weighted by Gasteiger charge is -2.32. The van der Waals surface area contributed by atoms with Gasteiger partial charge in [-0.3, -0.25) is 19.9 Å². The third-order valence-corrected chi connectivity index (χ3v) is 4.23. The number of rotatable bonds is 5. The first-order chi connectivity index (χ1) is 12.1. The maximum absolute atomic E-state index is 12.4. The van der Waals surface area contributed by atoms with Crippen LogP contribution in [0.25, 0.3) is 0 Å². The van der Waals surface area contributed by atoms with Gasteiger partial charge in [-0.25, -0.2) is 4.98 Å². The Kier molecular flexibility index (Phi) is 5.17. The number of aromatic nitrogens is 2. The maximum Gasteiger partial charge on any atom is 0.287 e. The lowest BCUT2D eigenvalue weighted by Crippen LogP contribution is -2.43. The molecule has 1 aliphatic heterocycles. The van der Waals surface area contributed by atoms with Gasteiger partial charge >= 0.3 is 0 Å². The molecule has 1 amide bonds. The van der Waals surface area contributed by atoms with E-state index < -0.39 is 4.92 Å². The Morgan fingerprint density at radius 2 is 2.20 bits per heavy atom. The first-order valence-electron chi connectivity index (χ1n) is 8.16. The van der Waals surface area contributed by atoms with Crippen molar-refractivity contribution in [3.8, 4) is 0 Å². The smallest absolute Gasteiger partial charge is 0.287 e. The van der Waals surface area contributed by atoms with Gasteiger partial charge in [-0.1, -0.05) is 6.07 Å². The standard InChI is InChI=1S/C17H19N5O3/c23-17(20-10-14-5-1-2-8-18-14)13-4-3-9-21(12-13)16-7-6-15(11-19-16)22(24)25/h1-2,5-8,11,13H,3-4,9-10,12H2,(H,20,23)/t13-/m1/s1. The zero-order valence-electron chi connectivity index (χ0n) is 13.7. The fourth-order valence-electron chi connectivity index (χ4n) is 2.90. The number of pyridine rings is 2. The van der Waals surface area contributed by atoms with Gasteiger partial charge < -0.3 is 10.2 Å². The van der Waals surface area contributed by atoms with Gasteiger partial charge in [-0.15, -0.1) is 0 Å². The highest BCUT2D eigenvalue weighted by molar-refractivity contribution is 5.79. The Morgan fingerprint density at radius 3 is 2.88 bits per heavy atom. The number of hydrogen-bond acceptors (Lipinski definition) is 6. The van der Waals surface area contributed by atoms with Crippen LogP contribution in [0.1, 0.15) is 18.5 Å². The molecule has 130 valence electrons. The molecule has 0 unspecified atom stereocenters. The number of carbonyl (C=O) groups excluding carboxylic acids is 1. The third kappa shape index (κ3) is 4.28. The number of amides is 1. The Hall–Kier alpha value is -3.03. The molecule has 8 heteroatoms. The van der Waals surface area contributed by atoms with Crippen LogP contribution in [0.4, 0.5) is 11.5 Å². The van der Waals surface area contributed by atoms with Crippen LogP contribution in [-0.4, -0.2) is 33.9 Å². The summed E-state index contributed by atoms with van der Waals surface area (Å²) in [6.07, 6.45) is 4.64. The predicted molar refractivity (Wildman–Crippen MR) is 91.9 cm³/mol. The molecule has 2 aromatic heterocycles. The SMILES string of the molecule is O=C(NCc1ccccn1)[C@@H]1CCCN(c2ccc([N+](=O)[O-])cn2)C1. The van der Waals surface area contributed by atoms with Crippen molar-refractivity contribution >= 4 is 17.4 Å². The van der Waals surface area contributed by atoms with Crippen LogP contribution < -0.4 is 10.2 Å². The Bertz CT molecular complexity index is 736. The number of nitro groups is 1. The first kappa shape index (κ1) is 16.8. The van der Waals surface area contributed by atoms with Gasteiger partial charge in [-0.05, 0) is 31.0 Å². The molecule has 1 fully saturated rings. The van der Waals surface area contributed by atoms with Crippen molar-refractivity contribution in [2.75, 3.05) is 18.0 Å². The van der Waals surface area contributed by atoms with E-state index in [0.717, 1.165) is 25.1 Å². The minimum atomic E-state index is -0.471. The number of nitrogens with one attached hydrogen (secondary N) is 1. The van der Waals surface area contributed by atoms with E-state index in [0.29, 0.717) is 18.9 Å². The lowest BCUT2D eigenvalue weighted by molar-refractivity contribution is -0.385. The molecule has 0 aromatic carbocycles. The quantitative estimate of drug-likeness (QED) is 0.658. The van der Waals surface area contributed by atoms with Crippen molar-refractivity contribution in [2.45, 2.75) is 19.4 Å². The molecule has 0 saturated carbocycles. The molecule has 2 aromatic rings. The molecule has 1 atom stereocenters. The van der Waals surface area contributed by atoms with Crippen LogP contribution >= 0.6 is 0 Å². The monoisotopic (exact) mass is 341 g/mol. The molecule has 1 N–H and O–H groups in total. The Morgan fingerprint density at radius 1 is 1.32 bits per heavy atom. The molecule has 0 radical (unpaired) electrons. The summed E-state index contributed by atoms with van der Waals surface area (Å²) in [5.74, 6) is 0.527. The second-order valence-corrected chi connectivity index (χ2v) is 5.96. The summed E-state index contributed by atoms with van der Waals surface area (Å²) in [5.41, 5.74) is 0.783. The van der Waals surface area contributed by atoms with Gasteiger partial charge in [0, 0.05) is 25.4 Å². The number of piperidine rings is 1. The summed E-state index contributed by atoms with van der Waals surface area (Å²) in [6, 6.07) is 8.66. The minimum Gasteiger partial charge on any atom is -0.356 e. The average Bonchev–Trinajstić information content (AvgIpc) is 2.67. The molecule has 1 aliphatic rings. The van der Waals surface area contributed by atoms with Crippen molar-refractivity contribution in [1.82, 2.24) is 15.3 Å². The van der Waals surface area contributed by atoms with E-state index in [4.69, 9.17) is 0 Å². The molecular formula is C17H19N5O3. The van der Waals surface area contributed by atoms with Crippen LogP contribution in [-0.2, 0) is 11.3 Å². The zero-order valence-corrected chi connectivity index (χ0v) is 13.7. The molecule has 8 nitrogen and oxygen atoms in total. The molecular weight excluding hydrogens is 322 g/mol. The molecule has 3 heterocycles. The number of hydrogen-bond donors (Lipinski definition) is 1. The zero-order chi connectivity index (χ0) is 17.6. The number of anilines is 1. The predicted octanol–water partition coefficient (Wildman–Crippen LogP) is 1.92. The van der Waals surface area contributed by atoms with Gasteiger partial charge in [0.05, 0.1) is 23.1 Å². The largest absolute Gasteiger partial charge is 0.356 e. The van der Waals surface area contributed by atoms with Crippen LogP contribution in [0, 0.1) is 16.0 Å². The normalized spacial score (nSPS) is 17.1. The molecule has 0 spiro atoms. The van der Waals surface area contributed by atoms with E-state index in [2.05, 4.69) is 15.3 Å². The van der Waals surface area contributed by atoms with Gasteiger partial charge in [0.25, 0.3) is 5.69 Å². The fraction of sp³-hybridized carbons (Fsp3) is 0.353. The van der Waals surface area contributed by atoms with Crippen LogP contribution in [0.5, 0.6) is 0 Å². The number of carbonyl (C=O) groups is 1. The highest BCUT2D eigenvalue weighted by Gasteiger charge is 2.26. The molecule has 3 rings (SSSR count). The lowest BCUT2D eigenvalue weighted by atomic mass is 9.97. The third-order valence-electron chi connectivity index (χ3n) is 4.23. The Balaban J connectivity index is 1.58. The Labute approximate surface area is 145 Å².